The first-order valence-electron chi connectivity index (χ1n) is 14.8. The third-order valence-electron chi connectivity index (χ3n) is 7.84. The summed E-state index contributed by atoms with van der Waals surface area (Å²) in [6.07, 6.45) is 5.05. The molecule has 0 aliphatic carbocycles. The van der Waals surface area contributed by atoms with Gasteiger partial charge in [-0.3, -0.25) is 14.4 Å². The average molecular weight is 629 g/mol. The van der Waals surface area contributed by atoms with Gasteiger partial charge in [0.25, 0.3) is 0 Å². The van der Waals surface area contributed by atoms with E-state index in [4.69, 9.17) is 5.73 Å². The van der Waals surface area contributed by atoms with E-state index in [0.29, 0.717) is 5.69 Å². The monoisotopic (exact) mass is 628 g/mol. The second-order valence-electron chi connectivity index (χ2n) is 11.2. The molecule has 10 N–H and O–H groups in total. The Morgan fingerprint density at radius 2 is 1.37 bits per heavy atom. The fraction of sp³-hybridized carbons (Fsp3) is 0.281. The van der Waals surface area contributed by atoms with Crippen molar-refractivity contribution in [3.63, 3.8) is 0 Å². The number of aromatic amines is 3. The van der Waals surface area contributed by atoms with Gasteiger partial charge in [0.05, 0.1) is 18.5 Å². The summed E-state index contributed by atoms with van der Waals surface area (Å²) < 4.78 is 0. The number of nitrogens with two attached hydrogens (primary N) is 1. The van der Waals surface area contributed by atoms with Gasteiger partial charge in [0.15, 0.2) is 0 Å². The smallest absolute Gasteiger partial charge is 0.326 e. The molecule has 14 nitrogen and oxygen atoms in total. The summed E-state index contributed by atoms with van der Waals surface area (Å²) in [5, 5.41) is 29.5. The number of hydrogen-bond acceptors (Lipinski definition) is 7. The predicted octanol–water partition coefficient (Wildman–Crippen LogP) is 0.647. The Bertz CT molecular complexity index is 1830. The number of hydrogen-bond donors (Lipinski definition) is 9. The first-order valence-corrected chi connectivity index (χ1v) is 14.8. The van der Waals surface area contributed by atoms with Gasteiger partial charge in [0.2, 0.25) is 17.7 Å². The number of carboxylic acids is 1. The highest BCUT2D eigenvalue weighted by Gasteiger charge is 2.33. The van der Waals surface area contributed by atoms with Crippen LogP contribution in [0.4, 0.5) is 0 Å². The maximum atomic E-state index is 13.7. The lowest BCUT2D eigenvalue weighted by Crippen LogP contribution is -2.60. The van der Waals surface area contributed by atoms with Crippen LogP contribution in [-0.4, -0.2) is 84.1 Å². The Balaban J connectivity index is 1.34. The zero-order chi connectivity index (χ0) is 32.8. The van der Waals surface area contributed by atoms with E-state index in [-0.39, 0.29) is 19.3 Å². The standard InChI is InChI=1S/C32H36N8O6/c1-17(41)28(31(44)39-27(32(45)46)12-20-15-34-16-37-20)40-30(43)26(11-19-14-36-25-9-5-3-7-22(19)25)38-29(42)23(33)10-18-13-35-24-8-4-2-6-21(18)24/h2-9,13-17,23,26-28,35-36,41H,10-12,33H2,1H3,(H,34,37)(H,38,42)(H,39,44)(H,40,43)(H,45,46). The summed E-state index contributed by atoms with van der Waals surface area (Å²) in [5.74, 6) is -3.58. The molecule has 0 fully saturated rings. The number of benzene rings is 2. The van der Waals surface area contributed by atoms with Gasteiger partial charge in [-0.25, -0.2) is 9.78 Å². The van der Waals surface area contributed by atoms with Gasteiger partial charge in [-0.1, -0.05) is 36.4 Å². The summed E-state index contributed by atoms with van der Waals surface area (Å²) in [7, 11) is 0. The van der Waals surface area contributed by atoms with Crippen LogP contribution in [0, 0.1) is 0 Å². The Labute approximate surface area is 263 Å². The minimum Gasteiger partial charge on any atom is -0.480 e. The zero-order valence-electron chi connectivity index (χ0n) is 25.0. The Morgan fingerprint density at radius 1 is 0.783 bits per heavy atom. The number of rotatable bonds is 14. The van der Waals surface area contributed by atoms with Crippen LogP contribution in [0.1, 0.15) is 23.7 Å². The van der Waals surface area contributed by atoms with Crippen molar-refractivity contribution in [3.05, 3.63) is 90.3 Å². The van der Waals surface area contributed by atoms with Crippen molar-refractivity contribution in [2.75, 3.05) is 0 Å². The molecule has 5 rings (SSSR count). The molecule has 0 aliphatic heterocycles. The first-order chi connectivity index (χ1) is 22.1. The molecular weight excluding hydrogens is 592 g/mol. The lowest BCUT2D eigenvalue weighted by atomic mass is 10.0. The van der Waals surface area contributed by atoms with E-state index in [1.807, 2.05) is 48.5 Å². The molecule has 14 heteroatoms. The predicted molar refractivity (Wildman–Crippen MR) is 169 cm³/mol. The number of carboxylic acid groups (broad SMARTS) is 1. The molecule has 3 amide bonds. The van der Waals surface area contributed by atoms with Crippen LogP contribution < -0.4 is 21.7 Å². The van der Waals surface area contributed by atoms with E-state index >= 15 is 0 Å². The fourth-order valence-corrected chi connectivity index (χ4v) is 5.38. The molecule has 5 aromatic rings. The number of H-pyrrole nitrogens is 3. The Kier molecular flexibility index (Phi) is 9.79. The average Bonchev–Trinajstić information content (AvgIpc) is 3.80. The van der Waals surface area contributed by atoms with E-state index in [2.05, 4.69) is 35.9 Å². The first kappa shape index (κ1) is 31.9. The van der Waals surface area contributed by atoms with E-state index in [9.17, 15) is 29.4 Å². The largest absolute Gasteiger partial charge is 0.480 e. The van der Waals surface area contributed by atoms with Gasteiger partial charge in [-0.15, -0.1) is 0 Å². The summed E-state index contributed by atoms with van der Waals surface area (Å²) in [4.78, 5) is 65.2. The van der Waals surface area contributed by atoms with Crippen molar-refractivity contribution in [3.8, 4) is 0 Å². The molecule has 2 aromatic carbocycles. The lowest BCUT2D eigenvalue weighted by molar-refractivity contribution is -0.143. The highest BCUT2D eigenvalue weighted by Crippen LogP contribution is 2.21. The molecule has 0 bridgehead atoms. The summed E-state index contributed by atoms with van der Waals surface area (Å²) in [5.41, 5.74) is 10.1. The second-order valence-corrected chi connectivity index (χ2v) is 11.2. The Morgan fingerprint density at radius 3 is 1.93 bits per heavy atom. The summed E-state index contributed by atoms with van der Waals surface area (Å²) in [6, 6.07) is 9.97. The van der Waals surface area contributed by atoms with Crippen LogP contribution in [0.3, 0.4) is 0 Å². The number of aromatic nitrogens is 4. The number of nitrogens with zero attached hydrogens (tertiary/aromatic N) is 1. The van der Waals surface area contributed by atoms with Gasteiger partial charge in [-0.05, 0) is 36.6 Å². The van der Waals surface area contributed by atoms with Gasteiger partial charge < -0.3 is 46.8 Å². The van der Waals surface area contributed by atoms with Crippen LogP contribution >= 0.6 is 0 Å². The maximum absolute atomic E-state index is 13.7. The fourth-order valence-electron chi connectivity index (χ4n) is 5.38. The number of carbonyl (C=O) groups is 4. The summed E-state index contributed by atoms with van der Waals surface area (Å²) >= 11 is 0. The molecule has 0 aliphatic rings. The lowest BCUT2D eigenvalue weighted by Gasteiger charge is -2.26. The number of amides is 3. The molecule has 0 saturated carbocycles. The number of aliphatic hydroxyl groups excluding tert-OH is 1. The topological polar surface area (TPSA) is 231 Å². The van der Waals surface area contributed by atoms with E-state index < -0.39 is 54.0 Å². The minimum atomic E-state index is -1.53. The van der Waals surface area contributed by atoms with E-state index in [1.165, 1.54) is 19.4 Å². The number of para-hydroxylation sites is 2. The Hall–Kier alpha value is -5.47. The molecule has 46 heavy (non-hydrogen) atoms. The van der Waals surface area contributed by atoms with Crippen LogP contribution in [0.2, 0.25) is 0 Å². The molecule has 240 valence electrons. The second kappa shape index (κ2) is 14.1. The number of fused-ring (bicyclic) bond motifs is 2. The SMILES string of the molecule is CC(O)C(NC(=O)C(Cc1c[nH]c2ccccc12)NC(=O)C(N)Cc1c[nH]c2ccccc12)C(=O)NC(Cc1cnc[nH]1)C(=O)O. The molecule has 0 radical (unpaired) electrons. The van der Waals surface area contributed by atoms with Crippen molar-refractivity contribution in [2.24, 2.45) is 5.73 Å². The van der Waals surface area contributed by atoms with Crippen molar-refractivity contribution in [2.45, 2.75) is 56.5 Å². The highest BCUT2D eigenvalue weighted by atomic mass is 16.4. The van der Waals surface area contributed by atoms with E-state index in [0.717, 1.165) is 32.9 Å². The number of nitrogens with one attached hydrogen (secondary N) is 6. The normalized spacial score (nSPS) is 14.7. The molecule has 0 saturated heterocycles. The molecule has 5 atom stereocenters. The van der Waals surface area contributed by atoms with Gasteiger partial charge in [0.1, 0.15) is 18.1 Å². The number of aliphatic hydroxyl groups is 1. The van der Waals surface area contributed by atoms with E-state index in [1.54, 1.807) is 12.4 Å². The van der Waals surface area contributed by atoms with Crippen LogP contribution in [0.5, 0.6) is 0 Å². The number of imidazole rings is 1. The van der Waals surface area contributed by atoms with Crippen LogP contribution in [0.25, 0.3) is 21.8 Å². The quantitative estimate of drug-likeness (QED) is 0.0845. The van der Waals surface area contributed by atoms with Gasteiger partial charge in [-0.2, -0.15) is 0 Å². The maximum Gasteiger partial charge on any atom is 0.326 e. The summed E-state index contributed by atoms with van der Waals surface area (Å²) in [6.45, 7) is 1.29. The minimum absolute atomic E-state index is 0.0348. The molecule has 3 heterocycles. The molecule has 5 unspecified atom stereocenters. The number of aliphatic carboxylic acids is 1. The molecule has 0 spiro atoms. The molecular formula is C32H36N8O6. The molecule has 3 aromatic heterocycles. The van der Waals surface area contributed by atoms with Crippen molar-refractivity contribution in [1.82, 2.24) is 35.9 Å². The van der Waals surface area contributed by atoms with Crippen LogP contribution in [0.15, 0.2) is 73.4 Å². The van der Waals surface area contributed by atoms with Crippen molar-refractivity contribution >= 4 is 45.5 Å². The van der Waals surface area contributed by atoms with Gasteiger partial charge >= 0.3 is 5.97 Å². The number of carbonyl (C=O) groups excluding carboxylic acids is 3. The zero-order valence-corrected chi connectivity index (χ0v) is 25.0. The third-order valence-corrected chi connectivity index (χ3v) is 7.84. The third kappa shape index (κ3) is 7.42. The van der Waals surface area contributed by atoms with Gasteiger partial charge in [0, 0.05) is 58.9 Å². The highest BCUT2D eigenvalue weighted by molar-refractivity contribution is 5.95. The van der Waals surface area contributed by atoms with Crippen molar-refractivity contribution in [1.29, 1.82) is 0 Å². The van der Waals surface area contributed by atoms with Crippen LogP contribution in [-0.2, 0) is 38.4 Å². The van der Waals surface area contributed by atoms with Crippen molar-refractivity contribution < 1.29 is 29.4 Å².